The summed E-state index contributed by atoms with van der Waals surface area (Å²) in [5, 5.41) is 0. The highest BCUT2D eigenvalue weighted by Gasteiger charge is 2.03. The molecule has 0 fully saturated rings. The molecule has 2 nitrogen and oxygen atoms in total. The molecule has 0 heterocycles. The van der Waals surface area contributed by atoms with E-state index >= 15 is 0 Å². The van der Waals surface area contributed by atoms with Gasteiger partial charge in [0.1, 0.15) is 5.75 Å². The van der Waals surface area contributed by atoms with Gasteiger partial charge >= 0.3 is 5.97 Å². The van der Waals surface area contributed by atoms with Crippen LogP contribution in [-0.4, -0.2) is 5.97 Å². The van der Waals surface area contributed by atoms with Gasteiger partial charge in [0.25, 0.3) is 0 Å². The van der Waals surface area contributed by atoms with Crippen LogP contribution in [0.15, 0.2) is 29.2 Å². The number of thiol groups is 1. The highest BCUT2D eigenvalue weighted by molar-refractivity contribution is 7.80. The van der Waals surface area contributed by atoms with Gasteiger partial charge in [0.2, 0.25) is 0 Å². The van der Waals surface area contributed by atoms with Crippen LogP contribution in [0.1, 0.15) is 13.3 Å². The van der Waals surface area contributed by atoms with Crippen LogP contribution in [0.5, 0.6) is 5.75 Å². The summed E-state index contributed by atoms with van der Waals surface area (Å²) in [6, 6.07) is 7.14. The Bertz CT molecular complexity index is 284. The predicted molar refractivity (Wildman–Crippen MR) is 49.6 cm³/mol. The van der Waals surface area contributed by atoms with Crippen LogP contribution >= 0.6 is 12.6 Å². The van der Waals surface area contributed by atoms with Crippen LogP contribution in [0.3, 0.4) is 0 Å². The Hall–Kier alpha value is -0.960. The van der Waals surface area contributed by atoms with Crippen LogP contribution in [0.2, 0.25) is 0 Å². The van der Waals surface area contributed by atoms with Gasteiger partial charge in [0.15, 0.2) is 0 Å². The molecule has 0 N–H and O–H groups in total. The first kappa shape index (κ1) is 9.13. The van der Waals surface area contributed by atoms with Gasteiger partial charge in [0.05, 0.1) is 0 Å². The molecule has 0 saturated carbocycles. The average Bonchev–Trinajstić information content (AvgIpc) is 2.09. The summed E-state index contributed by atoms with van der Waals surface area (Å²) in [4.78, 5) is 11.6. The summed E-state index contributed by atoms with van der Waals surface area (Å²) in [6.07, 6.45) is 0.377. The van der Waals surface area contributed by atoms with Gasteiger partial charge in [-0.25, -0.2) is 0 Å². The number of esters is 1. The van der Waals surface area contributed by atoms with Gasteiger partial charge in [-0.2, -0.15) is 0 Å². The van der Waals surface area contributed by atoms with E-state index in [9.17, 15) is 4.79 Å². The highest BCUT2D eigenvalue weighted by atomic mass is 32.1. The number of hydrogen-bond donors (Lipinski definition) is 1. The van der Waals surface area contributed by atoms with Crippen LogP contribution in [0, 0.1) is 0 Å². The maximum atomic E-state index is 10.9. The maximum Gasteiger partial charge on any atom is 0.310 e. The second-order valence-electron chi connectivity index (χ2n) is 2.30. The van der Waals surface area contributed by atoms with Crippen molar-refractivity contribution in [1.29, 1.82) is 0 Å². The third-order valence-electron chi connectivity index (χ3n) is 1.38. The Morgan fingerprint density at radius 2 is 2.17 bits per heavy atom. The van der Waals surface area contributed by atoms with Crippen LogP contribution < -0.4 is 4.74 Å². The van der Waals surface area contributed by atoms with E-state index in [2.05, 4.69) is 12.6 Å². The van der Waals surface area contributed by atoms with Gasteiger partial charge in [-0.3, -0.25) is 4.79 Å². The Kier molecular flexibility index (Phi) is 3.17. The summed E-state index contributed by atoms with van der Waals surface area (Å²) >= 11 is 4.13. The summed E-state index contributed by atoms with van der Waals surface area (Å²) in [5.41, 5.74) is 0. The highest BCUT2D eigenvalue weighted by Crippen LogP contribution is 2.21. The number of benzene rings is 1. The van der Waals surface area contributed by atoms with Crippen molar-refractivity contribution in [3.05, 3.63) is 24.3 Å². The van der Waals surface area contributed by atoms with E-state index in [1.807, 2.05) is 6.07 Å². The SMILES string of the molecule is CCC(=O)Oc1ccccc1S. The fourth-order valence-electron chi connectivity index (χ4n) is 0.738. The van der Waals surface area contributed by atoms with E-state index in [1.54, 1.807) is 25.1 Å². The van der Waals surface area contributed by atoms with Crippen LogP contribution in [0.25, 0.3) is 0 Å². The smallest absolute Gasteiger partial charge is 0.310 e. The molecule has 0 aliphatic carbocycles. The zero-order valence-electron chi connectivity index (χ0n) is 6.78. The maximum absolute atomic E-state index is 10.9. The third-order valence-corrected chi connectivity index (χ3v) is 1.75. The lowest BCUT2D eigenvalue weighted by Gasteiger charge is -2.03. The molecule has 0 radical (unpaired) electrons. The van der Waals surface area contributed by atoms with Crippen molar-refractivity contribution in [2.24, 2.45) is 0 Å². The number of hydrogen-bond acceptors (Lipinski definition) is 3. The monoisotopic (exact) mass is 182 g/mol. The van der Waals surface area contributed by atoms with Gasteiger partial charge in [-0.1, -0.05) is 19.1 Å². The molecule has 3 heteroatoms. The molecule has 1 aromatic carbocycles. The molecule has 0 spiro atoms. The molecular weight excluding hydrogens is 172 g/mol. The standard InChI is InChI=1S/C9H10O2S/c1-2-9(10)11-7-5-3-4-6-8(7)12/h3-6,12H,2H2,1H3. The molecule has 0 aliphatic rings. The lowest BCUT2D eigenvalue weighted by Crippen LogP contribution is -2.05. The second kappa shape index (κ2) is 4.16. The van der Waals surface area contributed by atoms with Crippen LogP contribution in [0.4, 0.5) is 0 Å². The summed E-state index contributed by atoms with van der Waals surface area (Å²) in [6.45, 7) is 1.75. The van der Waals surface area contributed by atoms with E-state index < -0.39 is 0 Å². The van der Waals surface area contributed by atoms with Crippen molar-refractivity contribution < 1.29 is 9.53 Å². The second-order valence-corrected chi connectivity index (χ2v) is 2.78. The van der Waals surface area contributed by atoms with Crippen LogP contribution in [-0.2, 0) is 4.79 Å². The first-order valence-electron chi connectivity index (χ1n) is 3.72. The predicted octanol–water partition coefficient (Wildman–Crippen LogP) is 2.29. The van der Waals surface area contributed by atoms with E-state index in [4.69, 9.17) is 4.74 Å². The number of rotatable bonds is 2. The summed E-state index contributed by atoms with van der Waals surface area (Å²) < 4.78 is 4.98. The number of ether oxygens (including phenoxy) is 1. The number of carbonyl (C=O) groups is 1. The van der Waals surface area contributed by atoms with Gasteiger partial charge in [-0.05, 0) is 12.1 Å². The molecule has 0 unspecified atom stereocenters. The minimum absolute atomic E-state index is 0.239. The van der Waals surface area contributed by atoms with Gasteiger partial charge < -0.3 is 4.74 Å². The van der Waals surface area contributed by atoms with E-state index in [1.165, 1.54) is 0 Å². The minimum Gasteiger partial charge on any atom is -0.425 e. The molecule has 12 heavy (non-hydrogen) atoms. The molecule has 0 amide bonds. The first-order chi connectivity index (χ1) is 5.74. The van der Waals surface area contributed by atoms with Gasteiger partial charge in [0, 0.05) is 11.3 Å². The van der Waals surface area contributed by atoms with Crippen molar-refractivity contribution in [2.45, 2.75) is 18.2 Å². The summed E-state index contributed by atoms with van der Waals surface area (Å²) in [5.74, 6) is 0.282. The molecule has 0 atom stereocenters. The fraction of sp³-hybridized carbons (Fsp3) is 0.222. The molecule has 1 rings (SSSR count). The number of para-hydroxylation sites is 1. The van der Waals surface area contributed by atoms with Gasteiger partial charge in [-0.15, -0.1) is 12.6 Å². The minimum atomic E-state index is -0.239. The molecule has 0 aliphatic heterocycles. The van der Waals surface area contributed by atoms with E-state index in [-0.39, 0.29) is 5.97 Å². The fourth-order valence-corrected chi connectivity index (χ4v) is 0.945. The zero-order valence-corrected chi connectivity index (χ0v) is 7.67. The third kappa shape index (κ3) is 2.27. The normalized spacial score (nSPS) is 9.50. The van der Waals surface area contributed by atoms with E-state index in [0.29, 0.717) is 17.1 Å². The lowest BCUT2D eigenvalue weighted by atomic mass is 10.3. The van der Waals surface area contributed by atoms with E-state index in [0.717, 1.165) is 0 Å². The molecule has 0 bridgehead atoms. The number of carbonyl (C=O) groups excluding carboxylic acids is 1. The van der Waals surface area contributed by atoms with Crippen molar-refractivity contribution in [3.8, 4) is 5.75 Å². The Labute approximate surface area is 77.0 Å². The quantitative estimate of drug-likeness (QED) is 0.431. The molecule has 64 valence electrons. The molecular formula is C9H10O2S. The Morgan fingerprint density at radius 1 is 1.50 bits per heavy atom. The summed E-state index contributed by atoms with van der Waals surface area (Å²) in [7, 11) is 0. The Morgan fingerprint density at radius 3 is 2.75 bits per heavy atom. The average molecular weight is 182 g/mol. The zero-order chi connectivity index (χ0) is 8.97. The molecule has 0 aromatic heterocycles. The van der Waals surface area contributed by atoms with Crippen molar-refractivity contribution >= 4 is 18.6 Å². The van der Waals surface area contributed by atoms with Crippen molar-refractivity contribution in [3.63, 3.8) is 0 Å². The first-order valence-corrected chi connectivity index (χ1v) is 4.17. The van der Waals surface area contributed by atoms with Crippen molar-refractivity contribution in [1.82, 2.24) is 0 Å². The van der Waals surface area contributed by atoms with Crippen molar-refractivity contribution in [2.75, 3.05) is 0 Å². The lowest BCUT2D eigenvalue weighted by molar-refractivity contribution is -0.134. The molecule has 0 saturated heterocycles. The topological polar surface area (TPSA) is 26.3 Å². The Balaban J connectivity index is 2.75. The largest absolute Gasteiger partial charge is 0.425 e. The molecule has 1 aromatic rings.